The molecule has 0 saturated carbocycles. The van der Waals surface area contributed by atoms with E-state index in [1.165, 1.54) is 11.0 Å². The average Bonchev–Trinajstić information content (AvgIpc) is 2.60. The number of benzene rings is 1. The van der Waals surface area contributed by atoms with Gasteiger partial charge in [0.25, 0.3) is 5.91 Å². The molecule has 0 unspecified atom stereocenters. The summed E-state index contributed by atoms with van der Waals surface area (Å²) in [6.07, 6.45) is 1.01. The molecule has 0 aromatic heterocycles. The first-order chi connectivity index (χ1) is 9.93. The molecule has 1 saturated heterocycles. The zero-order chi connectivity index (χ0) is 15.6. The summed E-state index contributed by atoms with van der Waals surface area (Å²) in [6.45, 7) is 3.78. The molecule has 2 amide bonds. The van der Waals surface area contributed by atoms with Crippen LogP contribution in [0.15, 0.2) is 18.2 Å². The Hall–Kier alpha value is -1.98. The van der Waals surface area contributed by atoms with Crippen LogP contribution in [0.3, 0.4) is 0 Å². The topological polar surface area (TPSA) is 49.4 Å². The van der Waals surface area contributed by atoms with Crippen LogP contribution < -0.4 is 10.2 Å². The molecule has 0 spiro atoms. The number of hydrogen-bond donors (Lipinski definition) is 1. The van der Waals surface area contributed by atoms with Crippen LogP contribution >= 0.6 is 0 Å². The standard InChI is InChI=1S/C15H18F2N2O2/c1-3-15(4-2)14(21)19(8-7-13(20)18-15)10-5-6-11(16)12(17)9-10/h5-6,9H,3-4,7-8H2,1-2H3,(H,18,20). The Balaban J connectivity index is 2.44. The van der Waals surface area contributed by atoms with Crippen LogP contribution in [0.2, 0.25) is 0 Å². The van der Waals surface area contributed by atoms with E-state index in [2.05, 4.69) is 5.32 Å². The molecule has 0 aliphatic carbocycles. The fourth-order valence-electron chi connectivity index (χ4n) is 2.58. The lowest BCUT2D eigenvalue weighted by Crippen LogP contribution is -2.56. The predicted octanol–water partition coefficient (Wildman–Crippen LogP) is 2.38. The Bertz CT molecular complexity index is 571. The van der Waals surface area contributed by atoms with Crippen molar-refractivity contribution in [3.05, 3.63) is 29.8 Å². The summed E-state index contributed by atoms with van der Waals surface area (Å²) in [7, 11) is 0. The SMILES string of the molecule is CCC1(CC)NC(=O)CCN(c2ccc(F)c(F)c2)C1=O. The molecule has 6 heteroatoms. The monoisotopic (exact) mass is 296 g/mol. The van der Waals surface area contributed by atoms with Crippen molar-refractivity contribution in [1.82, 2.24) is 5.32 Å². The highest BCUT2D eigenvalue weighted by molar-refractivity contribution is 6.04. The molecule has 1 aromatic carbocycles. The maximum Gasteiger partial charge on any atom is 0.252 e. The molecule has 21 heavy (non-hydrogen) atoms. The van der Waals surface area contributed by atoms with Gasteiger partial charge < -0.3 is 10.2 Å². The van der Waals surface area contributed by atoms with Crippen molar-refractivity contribution < 1.29 is 18.4 Å². The first kappa shape index (κ1) is 15.4. The van der Waals surface area contributed by atoms with Gasteiger partial charge in [0.05, 0.1) is 0 Å². The van der Waals surface area contributed by atoms with Gasteiger partial charge in [-0.25, -0.2) is 8.78 Å². The van der Waals surface area contributed by atoms with Gasteiger partial charge in [0.15, 0.2) is 11.6 Å². The van der Waals surface area contributed by atoms with Gasteiger partial charge in [-0.05, 0) is 25.0 Å². The van der Waals surface area contributed by atoms with Gasteiger partial charge in [0, 0.05) is 24.7 Å². The molecule has 1 fully saturated rings. The lowest BCUT2D eigenvalue weighted by molar-refractivity contribution is -0.130. The number of hydrogen-bond acceptors (Lipinski definition) is 2. The summed E-state index contributed by atoms with van der Waals surface area (Å²) >= 11 is 0. The Morgan fingerprint density at radius 2 is 1.86 bits per heavy atom. The van der Waals surface area contributed by atoms with Gasteiger partial charge in [0.2, 0.25) is 5.91 Å². The van der Waals surface area contributed by atoms with E-state index >= 15 is 0 Å². The highest BCUT2D eigenvalue weighted by Crippen LogP contribution is 2.27. The van der Waals surface area contributed by atoms with Crippen molar-refractivity contribution in [1.29, 1.82) is 0 Å². The molecule has 4 nitrogen and oxygen atoms in total. The molecule has 0 atom stereocenters. The van der Waals surface area contributed by atoms with Crippen molar-refractivity contribution in [3.8, 4) is 0 Å². The smallest absolute Gasteiger partial charge is 0.252 e. The largest absolute Gasteiger partial charge is 0.342 e. The van der Waals surface area contributed by atoms with Gasteiger partial charge in [-0.1, -0.05) is 13.8 Å². The molecular formula is C15H18F2N2O2. The number of carbonyl (C=O) groups is 2. The molecule has 1 N–H and O–H groups in total. The van der Waals surface area contributed by atoms with E-state index < -0.39 is 17.2 Å². The molecule has 2 rings (SSSR count). The number of anilines is 1. The van der Waals surface area contributed by atoms with Gasteiger partial charge in [-0.15, -0.1) is 0 Å². The second kappa shape index (κ2) is 5.79. The lowest BCUT2D eigenvalue weighted by Gasteiger charge is -2.33. The van der Waals surface area contributed by atoms with Crippen LogP contribution in [-0.2, 0) is 9.59 Å². The number of amides is 2. The Morgan fingerprint density at radius 3 is 2.43 bits per heavy atom. The minimum Gasteiger partial charge on any atom is -0.342 e. The molecule has 1 heterocycles. The summed E-state index contributed by atoms with van der Waals surface area (Å²) in [6, 6.07) is 3.32. The van der Waals surface area contributed by atoms with E-state index in [0.29, 0.717) is 12.8 Å². The average molecular weight is 296 g/mol. The van der Waals surface area contributed by atoms with Crippen molar-refractivity contribution in [2.24, 2.45) is 0 Å². The molecule has 1 aliphatic rings. The Labute approximate surface area is 122 Å². The number of rotatable bonds is 3. The third kappa shape index (κ3) is 2.75. The minimum atomic E-state index is -1.01. The second-order valence-corrected chi connectivity index (χ2v) is 5.14. The zero-order valence-corrected chi connectivity index (χ0v) is 12.1. The summed E-state index contributed by atoms with van der Waals surface area (Å²) in [5, 5.41) is 2.77. The van der Waals surface area contributed by atoms with E-state index in [-0.39, 0.29) is 30.5 Å². The van der Waals surface area contributed by atoms with Crippen LogP contribution in [0, 0.1) is 11.6 Å². The second-order valence-electron chi connectivity index (χ2n) is 5.14. The number of halogens is 2. The van der Waals surface area contributed by atoms with Crippen molar-refractivity contribution >= 4 is 17.5 Å². The molecule has 1 aromatic rings. The number of carbonyl (C=O) groups excluding carboxylic acids is 2. The normalized spacial score (nSPS) is 18.4. The Morgan fingerprint density at radius 1 is 1.19 bits per heavy atom. The number of nitrogens with zero attached hydrogens (tertiary/aromatic N) is 1. The first-order valence-electron chi connectivity index (χ1n) is 7.01. The molecule has 0 bridgehead atoms. The number of nitrogens with one attached hydrogen (secondary N) is 1. The fraction of sp³-hybridized carbons (Fsp3) is 0.467. The van der Waals surface area contributed by atoms with Gasteiger partial charge in [0.1, 0.15) is 5.54 Å². The third-order valence-electron chi connectivity index (χ3n) is 4.02. The lowest BCUT2D eigenvalue weighted by atomic mass is 9.91. The van der Waals surface area contributed by atoms with E-state index in [0.717, 1.165) is 12.1 Å². The first-order valence-corrected chi connectivity index (χ1v) is 7.01. The minimum absolute atomic E-state index is 0.131. The summed E-state index contributed by atoms with van der Waals surface area (Å²) in [5.41, 5.74) is -0.722. The molecule has 1 aliphatic heterocycles. The maximum absolute atomic E-state index is 13.4. The summed E-state index contributed by atoms with van der Waals surface area (Å²) < 4.78 is 26.4. The fourth-order valence-corrected chi connectivity index (χ4v) is 2.58. The van der Waals surface area contributed by atoms with Crippen LogP contribution in [0.5, 0.6) is 0 Å². The quantitative estimate of drug-likeness (QED) is 0.931. The third-order valence-corrected chi connectivity index (χ3v) is 4.02. The van der Waals surface area contributed by atoms with Crippen molar-refractivity contribution in [2.45, 2.75) is 38.6 Å². The summed E-state index contributed by atoms with van der Waals surface area (Å²) in [5.74, 6) is -2.48. The Kier molecular flexibility index (Phi) is 4.25. The summed E-state index contributed by atoms with van der Waals surface area (Å²) in [4.78, 5) is 26.0. The van der Waals surface area contributed by atoms with Crippen LogP contribution in [-0.4, -0.2) is 23.9 Å². The highest BCUT2D eigenvalue weighted by atomic mass is 19.2. The zero-order valence-electron chi connectivity index (χ0n) is 12.1. The van der Waals surface area contributed by atoms with Gasteiger partial charge in [-0.3, -0.25) is 9.59 Å². The highest BCUT2D eigenvalue weighted by Gasteiger charge is 2.42. The van der Waals surface area contributed by atoms with Crippen LogP contribution in [0.25, 0.3) is 0 Å². The molecule has 114 valence electrons. The van der Waals surface area contributed by atoms with E-state index in [1.54, 1.807) is 0 Å². The van der Waals surface area contributed by atoms with E-state index in [9.17, 15) is 18.4 Å². The van der Waals surface area contributed by atoms with Crippen LogP contribution in [0.1, 0.15) is 33.1 Å². The van der Waals surface area contributed by atoms with Gasteiger partial charge in [-0.2, -0.15) is 0 Å². The van der Waals surface area contributed by atoms with Crippen LogP contribution in [0.4, 0.5) is 14.5 Å². The van der Waals surface area contributed by atoms with Crippen molar-refractivity contribution in [2.75, 3.05) is 11.4 Å². The molecule has 0 radical (unpaired) electrons. The van der Waals surface area contributed by atoms with Gasteiger partial charge >= 0.3 is 0 Å². The van der Waals surface area contributed by atoms with Crippen molar-refractivity contribution in [3.63, 3.8) is 0 Å². The predicted molar refractivity (Wildman–Crippen MR) is 74.8 cm³/mol. The van der Waals surface area contributed by atoms with E-state index in [1.807, 2.05) is 13.8 Å². The molecular weight excluding hydrogens is 278 g/mol. The maximum atomic E-state index is 13.4. The van der Waals surface area contributed by atoms with E-state index in [4.69, 9.17) is 0 Å².